The molecule has 0 amide bonds. The van der Waals surface area contributed by atoms with E-state index in [1.165, 1.54) is 12.8 Å². The Labute approximate surface area is 136 Å². The van der Waals surface area contributed by atoms with E-state index in [0.29, 0.717) is 5.82 Å². The van der Waals surface area contributed by atoms with Gasteiger partial charge in [0.25, 0.3) is 0 Å². The van der Waals surface area contributed by atoms with Gasteiger partial charge in [0, 0.05) is 24.8 Å². The Kier molecular flexibility index (Phi) is 6.40. The second-order valence-electron chi connectivity index (χ2n) is 4.97. The van der Waals surface area contributed by atoms with Crippen LogP contribution in [0.4, 0.5) is 5.82 Å². The van der Waals surface area contributed by atoms with Crippen LogP contribution in [0.25, 0.3) is 0 Å². The van der Waals surface area contributed by atoms with Crippen LogP contribution in [0.2, 0.25) is 0 Å². The van der Waals surface area contributed by atoms with Crippen molar-refractivity contribution in [3.05, 3.63) is 48.4 Å². The highest BCUT2D eigenvalue weighted by atomic mass is 32.2. The Bertz CT molecular complexity index is 569. The Morgan fingerprint density at radius 2 is 2.18 bits per heavy atom. The summed E-state index contributed by atoms with van der Waals surface area (Å²) in [5, 5.41) is 0.892. The smallest absolute Gasteiger partial charge is 0.148 e. The molecule has 2 rings (SSSR count). The van der Waals surface area contributed by atoms with Crippen molar-refractivity contribution in [3.63, 3.8) is 0 Å². The maximum atomic E-state index is 4.57. The van der Waals surface area contributed by atoms with E-state index in [0.717, 1.165) is 35.9 Å². The molecule has 22 heavy (non-hydrogen) atoms. The molecular weight excluding hydrogens is 292 g/mol. The van der Waals surface area contributed by atoms with Gasteiger partial charge in [0.2, 0.25) is 0 Å². The first-order valence-electron chi connectivity index (χ1n) is 7.40. The van der Waals surface area contributed by atoms with Crippen LogP contribution in [0.5, 0.6) is 0 Å². The zero-order valence-electron chi connectivity index (χ0n) is 13.0. The van der Waals surface area contributed by atoms with Crippen molar-refractivity contribution in [2.24, 2.45) is 9.98 Å². The van der Waals surface area contributed by atoms with Gasteiger partial charge >= 0.3 is 0 Å². The van der Waals surface area contributed by atoms with E-state index in [9.17, 15) is 0 Å². The van der Waals surface area contributed by atoms with Crippen LogP contribution >= 0.6 is 11.8 Å². The zero-order valence-corrected chi connectivity index (χ0v) is 13.9. The molecule has 0 unspecified atom stereocenters. The van der Waals surface area contributed by atoms with Crippen molar-refractivity contribution in [2.75, 3.05) is 24.2 Å². The fraction of sp³-hybridized carbons (Fsp3) is 0.353. The van der Waals surface area contributed by atoms with Crippen molar-refractivity contribution in [3.8, 4) is 0 Å². The minimum atomic E-state index is 0.618. The molecule has 1 fully saturated rings. The molecule has 0 aromatic carbocycles. The molecule has 0 spiro atoms. The molecule has 0 bridgehead atoms. The monoisotopic (exact) mass is 314 g/mol. The third kappa shape index (κ3) is 4.31. The number of rotatable bonds is 6. The van der Waals surface area contributed by atoms with Crippen molar-refractivity contribution < 1.29 is 0 Å². The fourth-order valence-corrected chi connectivity index (χ4v) is 2.85. The first-order valence-corrected chi connectivity index (χ1v) is 8.62. The first-order chi connectivity index (χ1) is 10.8. The Balaban J connectivity index is 2.19. The standard InChI is InChI=1S/C17H22N4S/c1-4-5-8-15(18-2)20-17(22-3)14-9-10-16(19-13-14)21-11-6-7-12-21/h4,8-10,13H,1-2,5-7,11-12H2,3H3/b15-8+,20-17-. The summed E-state index contributed by atoms with van der Waals surface area (Å²) in [6.45, 7) is 9.47. The van der Waals surface area contributed by atoms with Crippen molar-refractivity contribution in [2.45, 2.75) is 19.3 Å². The Morgan fingerprint density at radius 3 is 2.73 bits per heavy atom. The van der Waals surface area contributed by atoms with Gasteiger partial charge in [0.05, 0.1) is 0 Å². The van der Waals surface area contributed by atoms with Gasteiger partial charge in [-0.15, -0.1) is 18.3 Å². The second-order valence-corrected chi connectivity index (χ2v) is 5.76. The van der Waals surface area contributed by atoms with Crippen LogP contribution in [-0.2, 0) is 0 Å². The number of nitrogens with zero attached hydrogens (tertiary/aromatic N) is 4. The second kappa shape index (κ2) is 8.54. The maximum Gasteiger partial charge on any atom is 0.148 e. The molecule has 1 aromatic rings. The Hall–Kier alpha value is -1.88. The Morgan fingerprint density at radius 1 is 1.41 bits per heavy atom. The summed E-state index contributed by atoms with van der Waals surface area (Å²) in [5.41, 5.74) is 1.00. The molecule has 1 saturated heterocycles. The molecule has 0 radical (unpaired) electrons. The number of anilines is 1. The lowest BCUT2D eigenvalue weighted by molar-refractivity contribution is 0.937. The van der Waals surface area contributed by atoms with Gasteiger partial charge in [0.1, 0.15) is 16.7 Å². The molecule has 1 aromatic heterocycles. The van der Waals surface area contributed by atoms with E-state index in [1.807, 2.05) is 24.6 Å². The topological polar surface area (TPSA) is 40.9 Å². The lowest BCUT2D eigenvalue weighted by Gasteiger charge is -2.16. The van der Waals surface area contributed by atoms with Crippen LogP contribution in [0, 0.1) is 0 Å². The van der Waals surface area contributed by atoms with Crippen LogP contribution in [0.3, 0.4) is 0 Å². The number of thioether (sulfide) groups is 1. The highest BCUT2D eigenvalue weighted by Crippen LogP contribution is 2.20. The predicted molar refractivity (Wildman–Crippen MR) is 98.2 cm³/mol. The van der Waals surface area contributed by atoms with Crippen molar-refractivity contribution in [1.29, 1.82) is 0 Å². The zero-order chi connectivity index (χ0) is 15.8. The number of aliphatic imine (C=N–C) groups is 2. The van der Waals surface area contributed by atoms with E-state index in [-0.39, 0.29) is 0 Å². The molecule has 0 N–H and O–H groups in total. The summed E-state index contributed by atoms with van der Waals surface area (Å²) in [4.78, 5) is 15.4. The third-order valence-electron chi connectivity index (χ3n) is 3.46. The van der Waals surface area contributed by atoms with Crippen LogP contribution in [-0.4, -0.2) is 36.1 Å². The quantitative estimate of drug-likeness (QED) is 0.454. The summed E-state index contributed by atoms with van der Waals surface area (Å²) in [6, 6.07) is 4.14. The summed E-state index contributed by atoms with van der Waals surface area (Å²) in [5.74, 6) is 1.67. The summed E-state index contributed by atoms with van der Waals surface area (Å²) < 4.78 is 0. The average molecular weight is 314 g/mol. The highest BCUT2D eigenvalue weighted by Gasteiger charge is 2.13. The van der Waals surface area contributed by atoms with Gasteiger partial charge in [-0.25, -0.2) is 15.0 Å². The molecule has 5 heteroatoms. The number of hydrogen-bond acceptors (Lipinski definition) is 5. The minimum Gasteiger partial charge on any atom is -0.357 e. The molecule has 0 aliphatic carbocycles. The van der Waals surface area contributed by atoms with E-state index < -0.39 is 0 Å². The van der Waals surface area contributed by atoms with E-state index in [2.05, 4.69) is 45.3 Å². The average Bonchev–Trinajstić information content (AvgIpc) is 3.10. The lowest BCUT2D eigenvalue weighted by atomic mass is 10.3. The van der Waals surface area contributed by atoms with Crippen LogP contribution < -0.4 is 4.90 Å². The van der Waals surface area contributed by atoms with Crippen LogP contribution in [0.15, 0.2) is 52.9 Å². The number of hydrogen-bond donors (Lipinski definition) is 0. The molecular formula is C17H22N4S. The van der Waals surface area contributed by atoms with Gasteiger partial charge in [-0.05, 0) is 50.4 Å². The van der Waals surface area contributed by atoms with E-state index in [1.54, 1.807) is 11.8 Å². The van der Waals surface area contributed by atoms with E-state index in [4.69, 9.17) is 0 Å². The first kappa shape index (κ1) is 16.5. The largest absolute Gasteiger partial charge is 0.357 e. The molecule has 116 valence electrons. The van der Waals surface area contributed by atoms with Crippen molar-refractivity contribution in [1.82, 2.24) is 4.98 Å². The van der Waals surface area contributed by atoms with Crippen LogP contribution in [0.1, 0.15) is 24.8 Å². The SMILES string of the molecule is C=CC/C=C(N=C)/N=C(\SC)c1ccc(N2CCCC2)nc1. The van der Waals surface area contributed by atoms with Gasteiger partial charge < -0.3 is 4.90 Å². The number of pyridine rings is 1. The normalized spacial score (nSPS) is 16.0. The summed E-state index contributed by atoms with van der Waals surface area (Å²) in [6.07, 6.45) is 10.8. The molecule has 0 atom stereocenters. The summed E-state index contributed by atoms with van der Waals surface area (Å²) in [7, 11) is 0. The van der Waals surface area contributed by atoms with Gasteiger partial charge in [-0.3, -0.25) is 0 Å². The van der Waals surface area contributed by atoms with E-state index >= 15 is 0 Å². The molecule has 1 aliphatic rings. The van der Waals surface area contributed by atoms with Gasteiger partial charge in [0.15, 0.2) is 0 Å². The minimum absolute atomic E-state index is 0.618. The third-order valence-corrected chi connectivity index (χ3v) is 4.18. The molecule has 4 nitrogen and oxygen atoms in total. The lowest BCUT2D eigenvalue weighted by Crippen LogP contribution is -2.18. The van der Waals surface area contributed by atoms with Gasteiger partial charge in [-0.2, -0.15) is 0 Å². The van der Waals surface area contributed by atoms with Crippen molar-refractivity contribution >= 4 is 29.3 Å². The number of allylic oxidation sites excluding steroid dienone is 2. The summed E-state index contributed by atoms with van der Waals surface area (Å²) >= 11 is 1.58. The van der Waals surface area contributed by atoms with Gasteiger partial charge in [-0.1, -0.05) is 6.08 Å². The molecule has 0 saturated carbocycles. The maximum absolute atomic E-state index is 4.57. The molecule has 1 aliphatic heterocycles. The number of aromatic nitrogens is 1. The highest BCUT2D eigenvalue weighted by molar-refractivity contribution is 8.13. The fourth-order valence-electron chi connectivity index (χ4n) is 2.31. The molecule has 2 heterocycles. The predicted octanol–water partition coefficient (Wildman–Crippen LogP) is 3.91.